The quantitative estimate of drug-likeness (QED) is 0.844. The van der Waals surface area contributed by atoms with Crippen LogP contribution in [0, 0.1) is 11.3 Å². The minimum Gasteiger partial charge on any atom is -0.342 e. The lowest BCUT2D eigenvalue weighted by atomic mass is 9.75. The fourth-order valence-corrected chi connectivity index (χ4v) is 4.83. The fourth-order valence-electron chi connectivity index (χ4n) is 4.83. The largest absolute Gasteiger partial charge is 0.342 e. The SMILES string of the molecule is CC(C)CNC(=O)N1CC[C@@H]2N(C)CC[C@]2(C(=O)N2CCCC2)CC1. The van der Waals surface area contributed by atoms with Crippen molar-refractivity contribution < 1.29 is 9.59 Å². The van der Waals surface area contributed by atoms with Gasteiger partial charge in [0.2, 0.25) is 5.91 Å². The molecule has 0 spiro atoms. The van der Waals surface area contributed by atoms with Gasteiger partial charge >= 0.3 is 6.03 Å². The summed E-state index contributed by atoms with van der Waals surface area (Å²) < 4.78 is 0. The molecule has 0 bridgehead atoms. The highest BCUT2D eigenvalue weighted by molar-refractivity contribution is 5.84. The van der Waals surface area contributed by atoms with E-state index in [2.05, 4.69) is 36.0 Å². The van der Waals surface area contributed by atoms with Gasteiger partial charge in [-0.15, -0.1) is 0 Å². The molecule has 0 aromatic carbocycles. The summed E-state index contributed by atoms with van der Waals surface area (Å²) in [6.45, 7) is 9.16. The Hall–Kier alpha value is -1.30. The summed E-state index contributed by atoms with van der Waals surface area (Å²) >= 11 is 0. The molecule has 0 aromatic rings. The molecule has 25 heavy (non-hydrogen) atoms. The molecule has 3 amide bonds. The van der Waals surface area contributed by atoms with E-state index in [-0.39, 0.29) is 17.5 Å². The Kier molecular flexibility index (Phi) is 5.56. The molecule has 3 saturated heterocycles. The second-order valence-electron chi connectivity index (χ2n) is 8.51. The second kappa shape index (κ2) is 7.52. The minimum atomic E-state index is -0.286. The van der Waals surface area contributed by atoms with Crippen LogP contribution in [0.3, 0.4) is 0 Å². The molecule has 3 aliphatic rings. The van der Waals surface area contributed by atoms with Crippen molar-refractivity contribution >= 4 is 11.9 Å². The van der Waals surface area contributed by atoms with Crippen molar-refractivity contribution in [3.05, 3.63) is 0 Å². The highest BCUT2D eigenvalue weighted by atomic mass is 16.2. The van der Waals surface area contributed by atoms with Gasteiger partial charge in [0, 0.05) is 38.8 Å². The highest BCUT2D eigenvalue weighted by Crippen LogP contribution is 2.44. The highest BCUT2D eigenvalue weighted by Gasteiger charge is 2.54. The van der Waals surface area contributed by atoms with E-state index in [9.17, 15) is 9.59 Å². The van der Waals surface area contributed by atoms with E-state index in [4.69, 9.17) is 0 Å². The molecule has 0 aliphatic carbocycles. The van der Waals surface area contributed by atoms with Crippen LogP contribution in [0.5, 0.6) is 0 Å². The lowest BCUT2D eigenvalue weighted by Crippen LogP contribution is -2.49. The van der Waals surface area contributed by atoms with Crippen molar-refractivity contribution in [2.75, 3.05) is 46.3 Å². The summed E-state index contributed by atoms with van der Waals surface area (Å²) in [7, 11) is 2.14. The van der Waals surface area contributed by atoms with Gasteiger partial charge in [-0.3, -0.25) is 4.79 Å². The molecule has 0 unspecified atom stereocenters. The molecule has 6 nitrogen and oxygen atoms in total. The van der Waals surface area contributed by atoms with Crippen molar-refractivity contribution in [1.29, 1.82) is 0 Å². The maximum atomic E-state index is 13.4. The van der Waals surface area contributed by atoms with Gasteiger partial charge in [-0.1, -0.05) is 13.8 Å². The Balaban J connectivity index is 1.72. The number of fused-ring (bicyclic) bond motifs is 1. The van der Waals surface area contributed by atoms with Crippen LogP contribution in [0.25, 0.3) is 0 Å². The number of urea groups is 1. The van der Waals surface area contributed by atoms with Gasteiger partial charge in [0.15, 0.2) is 0 Å². The van der Waals surface area contributed by atoms with Crippen molar-refractivity contribution in [2.24, 2.45) is 11.3 Å². The number of nitrogens with zero attached hydrogens (tertiary/aromatic N) is 3. The van der Waals surface area contributed by atoms with Crippen molar-refractivity contribution in [3.8, 4) is 0 Å². The van der Waals surface area contributed by atoms with Crippen LogP contribution >= 0.6 is 0 Å². The van der Waals surface area contributed by atoms with Crippen molar-refractivity contribution in [3.63, 3.8) is 0 Å². The Morgan fingerprint density at radius 2 is 1.72 bits per heavy atom. The molecule has 3 fully saturated rings. The van der Waals surface area contributed by atoms with Gasteiger partial charge in [0.05, 0.1) is 5.41 Å². The van der Waals surface area contributed by atoms with Crippen LogP contribution in [0.2, 0.25) is 0 Å². The zero-order valence-electron chi connectivity index (χ0n) is 16.1. The predicted molar refractivity (Wildman–Crippen MR) is 98.3 cm³/mol. The number of hydrogen-bond donors (Lipinski definition) is 1. The van der Waals surface area contributed by atoms with E-state index in [0.717, 1.165) is 58.3 Å². The zero-order chi connectivity index (χ0) is 18.0. The van der Waals surface area contributed by atoms with E-state index in [1.165, 1.54) is 0 Å². The molecule has 2 atom stereocenters. The third-order valence-electron chi connectivity index (χ3n) is 6.35. The van der Waals surface area contributed by atoms with Crippen LogP contribution < -0.4 is 5.32 Å². The summed E-state index contributed by atoms with van der Waals surface area (Å²) in [6.07, 6.45) is 4.89. The molecule has 6 heteroatoms. The Bertz CT molecular complexity index is 504. The van der Waals surface area contributed by atoms with Crippen LogP contribution in [-0.2, 0) is 4.79 Å². The van der Waals surface area contributed by atoms with E-state index < -0.39 is 0 Å². The molecule has 0 saturated carbocycles. The monoisotopic (exact) mass is 350 g/mol. The fraction of sp³-hybridized carbons (Fsp3) is 0.895. The van der Waals surface area contributed by atoms with Gasteiger partial charge < -0.3 is 20.0 Å². The predicted octanol–water partition coefficient (Wildman–Crippen LogP) is 1.76. The zero-order valence-corrected chi connectivity index (χ0v) is 16.1. The van der Waals surface area contributed by atoms with Crippen LogP contribution in [0.15, 0.2) is 0 Å². The topological polar surface area (TPSA) is 55.9 Å². The first kappa shape index (κ1) is 18.5. The van der Waals surface area contributed by atoms with Gasteiger partial charge in [0.25, 0.3) is 0 Å². The Morgan fingerprint density at radius 3 is 2.40 bits per heavy atom. The maximum Gasteiger partial charge on any atom is 0.317 e. The number of carbonyl (C=O) groups excluding carboxylic acids is 2. The van der Waals surface area contributed by atoms with E-state index in [1.54, 1.807) is 0 Å². The molecule has 3 aliphatic heterocycles. The first-order valence-corrected chi connectivity index (χ1v) is 9.96. The Morgan fingerprint density at radius 1 is 1.04 bits per heavy atom. The normalized spacial score (nSPS) is 30.5. The summed E-state index contributed by atoms with van der Waals surface area (Å²) in [6, 6.07) is 0.295. The number of hydrogen-bond acceptors (Lipinski definition) is 3. The lowest BCUT2D eigenvalue weighted by molar-refractivity contribution is -0.142. The summed E-state index contributed by atoms with van der Waals surface area (Å²) in [4.78, 5) is 32.2. The third kappa shape index (κ3) is 3.64. The van der Waals surface area contributed by atoms with Crippen LogP contribution in [-0.4, -0.2) is 79.0 Å². The molecule has 3 rings (SSSR count). The van der Waals surface area contributed by atoms with Crippen molar-refractivity contribution in [2.45, 2.75) is 52.0 Å². The second-order valence-corrected chi connectivity index (χ2v) is 8.51. The molecular formula is C19H34N4O2. The first-order chi connectivity index (χ1) is 11.9. The van der Waals surface area contributed by atoms with Crippen LogP contribution in [0.4, 0.5) is 4.79 Å². The molecule has 142 valence electrons. The average Bonchev–Trinajstić information content (AvgIpc) is 3.17. The number of nitrogens with one attached hydrogen (secondary N) is 1. The van der Waals surface area contributed by atoms with Crippen molar-refractivity contribution in [1.82, 2.24) is 20.0 Å². The average molecular weight is 351 g/mol. The first-order valence-electron chi connectivity index (χ1n) is 9.96. The number of likely N-dealkylation sites (tertiary alicyclic amines) is 3. The Labute approximate surface area is 151 Å². The molecule has 0 aromatic heterocycles. The third-order valence-corrected chi connectivity index (χ3v) is 6.35. The summed E-state index contributed by atoms with van der Waals surface area (Å²) in [5.41, 5.74) is -0.286. The lowest BCUT2D eigenvalue weighted by Gasteiger charge is -2.37. The maximum absolute atomic E-state index is 13.4. The molecule has 3 heterocycles. The van der Waals surface area contributed by atoms with Gasteiger partial charge in [-0.05, 0) is 51.6 Å². The van der Waals surface area contributed by atoms with E-state index >= 15 is 0 Å². The number of carbonyl (C=O) groups is 2. The van der Waals surface area contributed by atoms with E-state index in [0.29, 0.717) is 24.9 Å². The van der Waals surface area contributed by atoms with Gasteiger partial charge in [0.1, 0.15) is 0 Å². The van der Waals surface area contributed by atoms with E-state index in [1.807, 2.05) is 4.90 Å². The van der Waals surface area contributed by atoms with Gasteiger partial charge in [-0.2, -0.15) is 0 Å². The standard InChI is InChI=1S/C19H34N4O2/c1-15(2)14-20-18(25)23-11-6-16-19(8-13-23,7-12-21(16)3)17(24)22-9-4-5-10-22/h15-16H,4-14H2,1-3H3,(H,20,25)/t16-,19-/m0/s1. The van der Waals surface area contributed by atoms with Gasteiger partial charge in [-0.25, -0.2) is 4.79 Å². The molecule has 0 radical (unpaired) electrons. The number of rotatable bonds is 3. The number of amides is 3. The molecular weight excluding hydrogens is 316 g/mol. The van der Waals surface area contributed by atoms with Crippen LogP contribution in [0.1, 0.15) is 46.0 Å². The smallest absolute Gasteiger partial charge is 0.317 e. The molecule has 1 N–H and O–H groups in total. The summed E-state index contributed by atoms with van der Waals surface area (Å²) in [5, 5.41) is 3.03. The minimum absolute atomic E-state index is 0.0279. The summed E-state index contributed by atoms with van der Waals surface area (Å²) in [5.74, 6) is 0.799.